The molecule has 0 fully saturated rings. The Balaban J connectivity index is 3.08. The Morgan fingerprint density at radius 3 is 2.76 bits per heavy atom. The maximum Gasteiger partial charge on any atom is 0.381 e. The van der Waals surface area contributed by atoms with Crippen LogP contribution in [0.5, 0.6) is 5.88 Å². The zero-order valence-corrected chi connectivity index (χ0v) is 12.4. The van der Waals surface area contributed by atoms with Gasteiger partial charge in [-0.25, -0.2) is 0 Å². The number of nitrogens with zero attached hydrogens (tertiary/aromatic N) is 1. The molecule has 4 nitrogen and oxygen atoms in total. The largest absolute Gasteiger partial charge is 0.404 e. The normalized spacial score (nSPS) is 17.8. The molecule has 0 aliphatic rings. The summed E-state index contributed by atoms with van der Waals surface area (Å²) in [7, 11) is -2.78. The molecular formula is C8H9Cl3NO3PS. The summed E-state index contributed by atoms with van der Waals surface area (Å²) in [4.78, 5) is 3.77. The molecule has 17 heavy (non-hydrogen) atoms. The molecule has 0 spiro atoms. The Kier molecular flexibility index (Phi) is 4.31. The number of pyridine rings is 1. The second-order valence-electron chi connectivity index (χ2n) is 2.60. The number of aromatic nitrogens is 1. The SMILES string of the molecule is [2H]C([2H])([2H])OP(=S)(OCC)Oc1nc(Cl)c(Cl)cc1Cl. The topological polar surface area (TPSA) is 40.6 Å². The van der Waals surface area contributed by atoms with Crippen molar-refractivity contribution in [2.45, 2.75) is 6.92 Å². The predicted octanol–water partition coefficient (Wildman–Crippen LogP) is 4.33. The monoisotopic (exact) mass is 338 g/mol. The van der Waals surface area contributed by atoms with E-state index in [1.165, 1.54) is 6.07 Å². The summed E-state index contributed by atoms with van der Waals surface area (Å²) in [5, 5.41) is 0.0472. The standard InChI is InChI=1S/C8H9Cl3NO3PS/c1-3-14-16(17,13-2)15-8-6(10)4-5(9)7(11)12-8/h4H,3H2,1-2H3/i2D3. The van der Waals surface area contributed by atoms with Crippen molar-refractivity contribution in [2.24, 2.45) is 0 Å². The van der Waals surface area contributed by atoms with Gasteiger partial charge in [0.1, 0.15) is 5.02 Å². The van der Waals surface area contributed by atoms with Crippen molar-refractivity contribution in [3.05, 3.63) is 21.3 Å². The lowest BCUT2D eigenvalue weighted by Gasteiger charge is -2.19. The molecule has 0 aromatic carbocycles. The van der Waals surface area contributed by atoms with E-state index < -0.39 is 13.8 Å². The van der Waals surface area contributed by atoms with Crippen LogP contribution in [-0.4, -0.2) is 18.6 Å². The zero-order chi connectivity index (χ0) is 15.6. The molecule has 1 unspecified atom stereocenters. The first-order valence-electron chi connectivity index (χ1n) is 5.73. The molecule has 9 heteroatoms. The summed E-state index contributed by atoms with van der Waals surface area (Å²) in [5.74, 6) is -0.206. The summed E-state index contributed by atoms with van der Waals surface area (Å²) in [6.07, 6.45) is 0. The van der Waals surface area contributed by atoms with Crippen molar-refractivity contribution < 1.29 is 17.7 Å². The van der Waals surface area contributed by atoms with Gasteiger partial charge in [0.05, 0.1) is 15.7 Å². The van der Waals surface area contributed by atoms with E-state index in [4.69, 9.17) is 64.3 Å². The summed E-state index contributed by atoms with van der Waals surface area (Å²) in [6, 6.07) is 1.29. The summed E-state index contributed by atoms with van der Waals surface area (Å²) >= 11 is 22.3. The van der Waals surface area contributed by atoms with E-state index in [-0.39, 0.29) is 27.7 Å². The van der Waals surface area contributed by atoms with E-state index in [0.29, 0.717) is 0 Å². The Hall–Kier alpha value is 0.390. The molecular weight excluding hydrogens is 327 g/mol. The van der Waals surface area contributed by atoms with Gasteiger partial charge in [-0.15, -0.1) is 0 Å². The van der Waals surface area contributed by atoms with E-state index in [0.717, 1.165) is 0 Å². The first-order chi connectivity index (χ1) is 9.06. The Bertz CT molecular complexity index is 546. The minimum atomic E-state index is -3.60. The number of halogens is 3. The van der Waals surface area contributed by atoms with Gasteiger partial charge in [0.2, 0.25) is 5.88 Å². The predicted molar refractivity (Wildman–Crippen MR) is 72.8 cm³/mol. The Morgan fingerprint density at radius 2 is 2.18 bits per heavy atom. The molecule has 1 aromatic rings. The van der Waals surface area contributed by atoms with Crippen molar-refractivity contribution in [3.8, 4) is 5.88 Å². The molecule has 1 atom stereocenters. The van der Waals surface area contributed by atoms with Gasteiger partial charge in [0.25, 0.3) is 0 Å². The fraction of sp³-hybridized carbons (Fsp3) is 0.375. The summed E-state index contributed by atoms with van der Waals surface area (Å²) in [6.45, 7) is -1.90. The number of hydrogen-bond acceptors (Lipinski definition) is 5. The molecule has 1 aromatic heterocycles. The van der Waals surface area contributed by atoms with Gasteiger partial charge in [-0.2, -0.15) is 4.98 Å². The first kappa shape index (κ1) is 11.2. The highest BCUT2D eigenvalue weighted by Gasteiger charge is 2.23. The van der Waals surface area contributed by atoms with Crippen LogP contribution in [0.3, 0.4) is 0 Å². The fourth-order valence-electron chi connectivity index (χ4n) is 0.828. The minimum Gasteiger partial charge on any atom is -0.404 e. The second-order valence-corrected chi connectivity index (χ2v) is 6.63. The highest BCUT2D eigenvalue weighted by molar-refractivity contribution is 8.07. The van der Waals surface area contributed by atoms with Gasteiger partial charge < -0.3 is 9.05 Å². The first-order valence-corrected chi connectivity index (χ1v) is 7.92. The second kappa shape index (κ2) is 6.53. The molecule has 0 aliphatic heterocycles. The Morgan fingerprint density at radius 1 is 1.47 bits per heavy atom. The van der Waals surface area contributed by atoms with Crippen LogP contribution in [0.4, 0.5) is 0 Å². The molecule has 0 radical (unpaired) electrons. The van der Waals surface area contributed by atoms with Crippen LogP contribution in [0.1, 0.15) is 11.0 Å². The smallest absolute Gasteiger partial charge is 0.381 e. The van der Waals surface area contributed by atoms with Gasteiger partial charge in [-0.1, -0.05) is 34.8 Å². The van der Waals surface area contributed by atoms with E-state index in [9.17, 15) is 0 Å². The highest BCUT2D eigenvalue weighted by Crippen LogP contribution is 2.50. The lowest BCUT2D eigenvalue weighted by Crippen LogP contribution is -2.01. The average Bonchev–Trinajstić information content (AvgIpc) is 2.23. The van der Waals surface area contributed by atoms with E-state index >= 15 is 0 Å². The van der Waals surface area contributed by atoms with Crippen LogP contribution in [0, 0.1) is 0 Å². The lowest BCUT2D eigenvalue weighted by atomic mass is 10.5. The number of rotatable bonds is 5. The highest BCUT2D eigenvalue weighted by atomic mass is 35.5. The zero-order valence-electron chi connectivity index (χ0n) is 11.4. The average molecular weight is 340 g/mol. The van der Waals surface area contributed by atoms with E-state index in [1.807, 2.05) is 0 Å². The maximum absolute atomic E-state index is 7.07. The van der Waals surface area contributed by atoms with Crippen LogP contribution in [0.2, 0.25) is 15.2 Å². The molecule has 0 amide bonds. The molecule has 1 heterocycles. The van der Waals surface area contributed by atoms with Crippen LogP contribution < -0.4 is 4.52 Å². The van der Waals surface area contributed by atoms with Gasteiger partial charge in [-0.05, 0) is 13.0 Å². The van der Waals surface area contributed by atoms with Crippen LogP contribution >= 0.6 is 41.5 Å². The van der Waals surface area contributed by atoms with Gasteiger partial charge in [0, 0.05) is 18.8 Å². The third-order valence-corrected chi connectivity index (χ3v) is 4.35. The van der Waals surface area contributed by atoms with Crippen molar-refractivity contribution in [2.75, 3.05) is 13.6 Å². The van der Waals surface area contributed by atoms with Crippen molar-refractivity contribution in [1.82, 2.24) is 4.98 Å². The molecule has 0 bridgehead atoms. The molecule has 0 aliphatic carbocycles. The molecule has 0 N–H and O–H groups in total. The van der Waals surface area contributed by atoms with Crippen molar-refractivity contribution >= 4 is 53.3 Å². The molecule has 96 valence electrons. The quantitative estimate of drug-likeness (QED) is 0.590. The van der Waals surface area contributed by atoms with Crippen LogP contribution in [-0.2, 0) is 20.9 Å². The third kappa shape index (κ3) is 4.21. The van der Waals surface area contributed by atoms with Crippen molar-refractivity contribution in [3.63, 3.8) is 0 Å². The van der Waals surface area contributed by atoms with Gasteiger partial charge >= 0.3 is 6.72 Å². The molecule has 1 rings (SSSR count). The third-order valence-electron chi connectivity index (χ3n) is 1.45. The minimum absolute atomic E-state index is 0.00229. The lowest BCUT2D eigenvalue weighted by molar-refractivity contribution is 0.240. The van der Waals surface area contributed by atoms with Crippen LogP contribution in [0.15, 0.2) is 6.07 Å². The van der Waals surface area contributed by atoms with Gasteiger partial charge in [0.15, 0.2) is 5.15 Å². The van der Waals surface area contributed by atoms with Gasteiger partial charge in [-0.3, -0.25) is 4.52 Å². The van der Waals surface area contributed by atoms with E-state index in [2.05, 4.69) is 4.98 Å². The maximum atomic E-state index is 7.07. The fourth-order valence-corrected chi connectivity index (χ4v) is 2.75. The van der Waals surface area contributed by atoms with E-state index in [1.54, 1.807) is 6.92 Å². The molecule has 0 saturated carbocycles. The van der Waals surface area contributed by atoms with Crippen molar-refractivity contribution in [1.29, 1.82) is 0 Å². The Labute approximate surface area is 124 Å². The number of hydrogen-bond donors (Lipinski definition) is 0. The summed E-state index contributed by atoms with van der Waals surface area (Å²) < 4.78 is 36.2. The molecule has 0 saturated heterocycles. The summed E-state index contributed by atoms with van der Waals surface area (Å²) in [5.41, 5.74) is 0. The van der Waals surface area contributed by atoms with Crippen LogP contribution in [0.25, 0.3) is 0 Å².